The summed E-state index contributed by atoms with van der Waals surface area (Å²) in [4.78, 5) is 36.6. The SMILES string of the molecule is Cc1ccc(Cn2nc(C)c(C(=O)OCC(=O)NC(=O)C3CCCCC3)c2Cl)cc1. The molecular formula is C22H26ClN3O4. The molecular weight excluding hydrogens is 406 g/mol. The third kappa shape index (κ3) is 5.48. The average molecular weight is 432 g/mol. The van der Waals surface area contributed by atoms with Gasteiger partial charge < -0.3 is 4.74 Å². The maximum absolute atomic E-state index is 12.5. The van der Waals surface area contributed by atoms with Crippen LogP contribution in [-0.4, -0.2) is 34.2 Å². The molecule has 2 aromatic rings. The van der Waals surface area contributed by atoms with Crippen molar-refractivity contribution in [1.29, 1.82) is 0 Å². The standard InChI is InChI=1S/C22H26ClN3O4/c1-14-8-10-16(11-9-14)12-26-20(23)19(15(2)25-26)22(29)30-13-18(27)24-21(28)17-6-4-3-5-7-17/h8-11,17H,3-7,12-13H2,1-2H3,(H,24,27,28). The Kier molecular flexibility index (Phi) is 7.26. The van der Waals surface area contributed by atoms with E-state index in [2.05, 4.69) is 10.4 Å². The highest BCUT2D eigenvalue weighted by Crippen LogP contribution is 2.24. The summed E-state index contributed by atoms with van der Waals surface area (Å²) >= 11 is 6.35. The molecule has 3 rings (SSSR count). The van der Waals surface area contributed by atoms with E-state index in [4.69, 9.17) is 16.3 Å². The Morgan fingerprint density at radius 1 is 1.13 bits per heavy atom. The monoisotopic (exact) mass is 431 g/mol. The molecule has 0 atom stereocenters. The Morgan fingerprint density at radius 3 is 2.47 bits per heavy atom. The number of imide groups is 1. The van der Waals surface area contributed by atoms with Crippen molar-refractivity contribution in [3.63, 3.8) is 0 Å². The van der Waals surface area contributed by atoms with Gasteiger partial charge in [0.1, 0.15) is 10.7 Å². The minimum absolute atomic E-state index is 0.121. The number of nitrogens with zero attached hydrogens (tertiary/aromatic N) is 2. The van der Waals surface area contributed by atoms with E-state index < -0.39 is 18.5 Å². The van der Waals surface area contributed by atoms with E-state index in [9.17, 15) is 14.4 Å². The largest absolute Gasteiger partial charge is 0.452 e. The Balaban J connectivity index is 1.57. The molecule has 1 N–H and O–H groups in total. The molecule has 8 heteroatoms. The zero-order chi connectivity index (χ0) is 21.7. The van der Waals surface area contributed by atoms with Crippen molar-refractivity contribution in [3.8, 4) is 0 Å². The number of carbonyl (C=O) groups is 3. The highest BCUT2D eigenvalue weighted by Gasteiger charge is 2.25. The van der Waals surface area contributed by atoms with Gasteiger partial charge in [-0.25, -0.2) is 9.48 Å². The van der Waals surface area contributed by atoms with Gasteiger partial charge in [-0.2, -0.15) is 5.10 Å². The molecule has 1 aliphatic rings. The molecule has 0 spiro atoms. The number of esters is 1. The van der Waals surface area contributed by atoms with Crippen LogP contribution in [0.25, 0.3) is 0 Å². The van der Waals surface area contributed by atoms with Crippen LogP contribution in [-0.2, 0) is 20.9 Å². The van der Waals surface area contributed by atoms with Crippen molar-refractivity contribution in [1.82, 2.24) is 15.1 Å². The fraction of sp³-hybridized carbons (Fsp3) is 0.455. The highest BCUT2D eigenvalue weighted by molar-refractivity contribution is 6.32. The lowest BCUT2D eigenvalue weighted by molar-refractivity contribution is -0.135. The first-order valence-corrected chi connectivity index (χ1v) is 10.5. The Morgan fingerprint density at radius 2 is 1.80 bits per heavy atom. The second-order valence-corrected chi connectivity index (χ2v) is 8.08. The molecule has 0 aliphatic heterocycles. The van der Waals surface area contributed by atoms with E-state index in [0.717, 1.165) is 43.2 Å². The lowest BCUT2D eigenvalue weighted by Gasteiger charge is -2.20. The van der Waals surface area contributed by atoms with Crippen LogP contribution in [0.5, 0.6) is 0 Å². The first kappa shape index (κ1) is 22.0. The van der Waals surface area contributed by atoms with E-state index in [1.165, 1.54) is 4.68 Å². The first-order valence-electron chi connectivity index (χ1n) is 10.1. The predicted molar refractivity (Wildman–Crippen MR) is 112 cm³/mol. The van der Waals surface area contributed by atoms with Gasteiger partial charge in [0.25, 0.3) is 5.91 Å². The molecule has 1 aliphatic carbocycles. The predicted octanol–water partition coefficient (Wildman–Crippen LogP) is 3.58. The number of ether oxygens (including phenoxy) is 1. The Bertz CT molecular complexity index is 931. The molecule has 1 aromatic heterocycles. The van der Waals surface area contributed by atoms with Gasteiger partial charge in [-0.1, -0.05) is 60.7 Å². The van der Waals surface area contributed by atoms with Gasteiger partial charge in [-0.3, -0.25) is 14.9 Å². The van der Waals surface area contributed by atoms with Crippen LogP contribution in [0.4, 0.5) is 0 Å². The molecule has 1 fully saturated rings. The molecule has 1 saturated carbocycles. The van der Waals surface area contributed by atoms with E-state index >= 15 is 0 Å². The Hall–Kier alpha value is -2.67. The second-order valence-electron chi connectivity index (χ2n) is 7.72. The van der Waals surface area contributed by atoms with Crippen molar-refractivity contribution in [2.45, 2.75) is 52.5 Å². The zero-order valence-electron chi connectivity index (χ0n) is 17.2. The van der Waals surface area contributed by atoms with Crippen molar-refractivity contribution in [2.75, 3.05) is 6.61 Å². The lowest BCUT2D eigenvalue weighted by Crippen LogP contribution is -2.38. The Labute approximate surface area is 180 Å². The second kappa shape index (κ2) is 9.89. The van der Waals surface area contributed by atoms with Crippen LogP contribution in [0.1, 0.15) is 59.3 Å². The van der Waals surface area contributed by atoms with Crippen LogP contribution in [0.3, 0.4) is 0 Å². The van der Waals surface area contributed by atoms with Crippen LogP contribution in [0, 0.1) is 19.8 Å². The van der Waals surface area contributed by atoms with E-state index in [1.54, 1.807) is 6.92 Å². The number of carbonyl (C=O) groups excluding carboxylic acids is 3. The fourth-order valence-corrected chi connectivity index (χ4v) is 3.91. The number of rotatable bonds is 6. The fourth-order valence-electron chi connectivity index (χ4n) is 3.60. The molecule has 30 heavy (non-hydrogen) atoms. The van der Waals surface area contributed by atoms with E-state index in [-0.39, 0.29) is 22.5 Å². The van der Waals surface area contributed by atoms with Gasteiger partial charge in [0.05, 0.1) is 12.2 Å². The van der Waals surface area contributed by atoms with Crippen molar-refractivity contribution >= 4 is 29.4 Å². The normalized spacial score (nSPS) is 14.4. The number of hydrogen-bond donors (Lipinski definition) is 1. The third-order valence-corrected chi connectivity index (χ3v) is 5.68. The summed E-state index contributed by atoms with van der Waals surface area (Å²) in [6.45, 7) is 3.52. The van der Waals surface area contributed by atoms with Gasteiger partial charge in [0.2, 0.25) is 5.91 Å². The molecule has 2 amide bonds. The van der Waals surface area contributed by atoms with Crippen molar-refractivity contribution in [2.24, 2.45) is 5.92 Å². The van der Waals surface area contributed by atoms with E-state index in [1.807, 2.05) is 31.2 Å². The highest BCUT2D eigenvalue weighted by atomic mass is 35.5. The van der Waals surface area contributed by atoms with Gasteiger partial charge in [-0.05, 0) is 32.3 Å². The summed E-state index contributed by atoms with van der Waals surface area (Å²) in [7, 11) is 0. The van der Waals surface area contributed by atoms with Gasteiger partial charge in [-0.15, -0.1) is 0 Å². The number of halogens is 1. The molecule has 0 unspecified atom stereocenters. The molecule has 1 heterocycles. The topological polar surface area (TPSA) is 90.3 Å². The van der Waals surface area contributed by atoms with Gasteiger partial charge in [0.15, 0.2) is 6.61 Å². The summed E-state index contributed by atoms with van der Waals surface area (Å²) in [5.74, 6) is -1.82. The average Bonchev–Trinajstić information content (AvgIpc) is 3.01. The third-order valence-electron chi connectivity index (χ3n) is 5.30. The van der Waals surface area contributed by atoms with Crippen LogP contribution >= 0.6 is 11.6 Å². The lowest BCUT2D eigenvalue weighted by atomic mass is 9.89. The first-order chi connectivity index (χ1) is 14.3. The van der Waals surface area contributed by atoms with Crippen molar-refractivity contribution in [3.05, 3.63) is 51.8 Å². The number of nitrogens with one attached hydrogen (secondary N) is 1. The summed E-state index contributed by atoms with van der Waals surface area (Å²) < 4.78 is 6.60. The molecule has 160 valence electrons. The van der Waals surface area contributed by atoms with Gasteiger partial charge in [0, 0.05) is 5.92 Å². The smallest absolute Gasteiger partial charge is 0.343 e. The number of aryl methyl sites for hydroxylation is 2. The summed E-state index contributed by atoms with van der Waals surface area (Å²) in [5.41, 5.74) is 2.67. The van der Waals surface area contributed by atoms with Crippen molar-refractivity contribution < 1.29 is 19.1 Å². The number of benzene rings is 1. The molecule has 0 saturated heterocycles. The number of hydrogen-bond acceptors (Lipinski definition) is 5. The summed E-state index contributed by atoms with van der Waals surface area (Å²) in [5, 5.41) is 6.78. The zero-order valence-corrected chi connectivity index (χ0v) is 18.0. The quantitative estimate of drug-likeness (QED) is 0.706. The summed E-state index contributed by atoms with van der Waals surface area (Å²) in [6, 6.07) is 7.91. The van der Waals surface area contributed by atoms with E-state index in [0.29, 0.717) is 12.2 Å². The minimum Gasteiger partial charge on any atom is -0.452 e. The summed E-state index contributed by atoms with van der Waals surface area (Å²) in [6.07, 6.45) is 4.67. The molecule has 7 nitrogen and oxygen atoms in total. The number of aromatic nitrogens is 2. The minimum atomic E-state index is -0.743. The maximum Gasteiger partial charge on any atom is 0.343 e. The van der Waals surface area contributed by atoms with Crippen LogP contribution in [0.15, 0.2) is 24.3 Å². The number of amides is 2. The molecule has 1 aromatic carbocycles. The maximum atomic E-state index is 12.5. The van der Waals surface area contributed by atoms with Gasteiger partial charge >= 0.3 is 5.97 Å². The van der Waals surface area contributed by atoms with Crippen LogP contribution in [0.2, 0.25) is 5.15 Å². The molecule has 0 bridgehead atoms. The molecule has 0 radical (unpaired) electrons. The van der Waals surface area contributed by atoms with Crippen LogP contribution < -0.4 is 5.32 Å².